The number of anilines is 1. The van der Waals surface area contributed by atoms with Crippen LogP contribution in [0.4, 0.5) is 11.4 Å². The third-order valence-corrected chi connectivity index (χ3v) is 3.57. The zero-order valence-corrected chi connectivity index (χ0v) is 11.0. The van der Waals surface area contributed by atoms with Gasteiger partial charge in [0.05, 0.1) is 11.9 Å². The van der Waals surface area contributed by atoms with Crippen molar-refractivity contribution >= 4 is 34.6 Å². The molecule has 0 saturated heterocycles. The van der Waals surface area contributed by atoms with Crippen molar-refractivity contribution in [2.75, 3.05) is 5.73 Å². The summed E-state index contributed by atoms with van der Waals surface area (Å²) in [6.07, 6.45) is 3.63. The lowest BCUT2D eigenvalue weighted by Gasteiger charge is -1.96. The van der Waals surface area contributed by atoms with Gasteiger partial charge in [0.1, 0.15) is 0 Å². The molecule has 102 valence electrons. The molecule has 1 aliphatic rings. The molecule has 3 aromatic rings. The van der Waals surface area contributed by atoms with Gasteiger partial charge in [-0.25, -0.2) is 0 Å². The molecule has 5 heteroatoms. The molecule has 0 unspecified atom stereocenters. The van der Waals surface area contributed by atoms with Gasteiger partial charge in [-0.1, -0.05) is 12.1 Å². The molecule has 0 spiro atoms. The van der Waals surface area contributed by atoms with E-state index in [1.807, 2.05) is 36.4 Å². The summed E-state index contributed by atoms with van der Waals surface area (Å²) >= 11 is 0. The number of azo groups is 1. The predicted octanol–water partition coefficient (Wildman–Crippen LogP) is 2.12. The van der Waals surface area contributed by atoms with Gasteiger partial charge < -0.3 is 15.8 Å². The summed E-state index contributed by atoms with van der Waals surface area (Å²) in [6.45, 7) is 0. The third-order valence-electron chi connectivity index (χ3n) is 3.57. The number of aromatic nitrogens is 1. The summed E-state index contributed by atoms with van der Waals surface area (Å²) in [6, 6.07) is 11.4. The lowest BCUT2D eigenvalue weighted by molar-refractivity contribution is 0.457. The van der Waals surface area contributed by atoms with E-state index >= 15 is 0 Å². The summed E-state index contributed by atoms with van der Waals surface area (Å²) in [5.41, 5.74) is 8.89. The van der Waals surface area contributed by atoms with E-state index in [1.165, 1.54) is 0 Å². The van der Waals surface area contributed by atoms with Gasteiger partial charge in [0.15, 0.2) is 5.88 Å². The number of aromatic hydroxyl groups is 1. The van der Waals surface area contributed by atoms with Gasteiger partial charge in [0, 0.05) is 27.4 Å². The van der Waals surface area contributed by atoms with E-state index in [0.717, 1.165) is 32.6 Å². The average molecular weight is 276 g/mol. The molecular weight excluding hydrogens is 264 g/mol. The van der Waals surface area contributed by atoms with Crippen LogP contribution in [0.5, 0.6) is 5.88 Å². The van der Waals surface area contributed by atoms with E-state index in [9.17, 15) is 5.11 Å². The van der Waals surface area contributed by atoms with Crippen LogP contribution in [0.1, 0.15) is 5.56 Å². The second-order valence-electron chi connectivity index (χ2n) is 5.00. The fourth-order valence-corrected chi connectivity index (χ4v) is 2.53. The van der Waals surface area contributed by atoms with Crippen molar-refractivity contribution < 1.29 is 5.11 Å². The van der Waals surface area contributed by atoms with Crippen LogP contribution >= 0.6 is 0 Å². The number of H-pyrrole nitrogens is 1. The molecule has 2 aromatic carbocycles. The number of nitrogens with one attached hydrogen (secondary N) is 1. The number of nitrogens with two attached hydrogens (primary N) is 1. The SMILES string of the molecule is Nc1ccc2[nH]c(O)c(C=c3ccc4c(c3)N=NC=4)c2c1. The normalized spacial score (nSPS) is 13.6. The molecule has 0 bridgehead atoms. The predicted molar refractivity (Wildman–Crippen MR) is 82.6 cm³/mol. The van der Waals surface area contributed by atoms with Gasteiger partial charge in [-0.3, -0.25) is 0 Å². The molecule has 1 aromatic heterocycles. The van der Waals surface area contributed by atoms with Gasteiger partial charge >= 0.3 is 0 Å². The number of aromatic amines is 1. The number of nitrogens with zero attached hydrogens (tertiary/aromatic N) is 2. The Hall–Kier alpha value is -3.08. The zero-order valence-electron chi connectivity index (χ0n) is 11.0. The topological polar surface area (TPSA) is 86.8 Å². The van der Waals surface area contributed by atoms with E-state index in [4.69, 9.17) is 5.73 Å². The number of rotatable bonds is 1. The molecule has 0 aliphatic carbocycles. The Morgan fingerprint density at radius 3 is 2.95 bits per heavy atom. The van der Waals surface area contributed by atoms with Crippen LogP contribution in [0, 0.1) is 0 Å². The van der Waals surface area contributed by atoms with Crippen molar-refractivity contribution in [2.24, 2.45) is 10.2 Å². The second kappa shape index (κ2) is 4.21. The van der Waals surface area contributed by atoms with Crippen molar-refractivity contribution in [3.63, 3.8) is 0 Å². The Kier molecular flexibility index (Phi) is 2.35. The minimum atomic E-state index is 0.129. The molecule has 0 radical (unpaired) electrons. The monoisotopic (exact) mass is 276 g/mol. The van der Waals surface area contributed by atoms with Crippen LogP contribution in [-0.2, 0) is 0 Å². The maximum atomic E-state index is 10.1. The summed E-state index contributed by atoms with van der Waals surface area (Å²) in [7, 11) is 0. The van der Waals surface area contributed by atoms with Crippen molar-refractivity contribution in [3.8, 4) is 5.88 Å². The Balaban J connectivity index is 1.97. The Bertz CT molecular complexity index is 1010. The molecule has 0 fully saturated rings. The molecular formula is C16H12N4O. The molecule has 21 heavy (non-hydrogen) atoms. The molecule has 2 heterocycles. The lowest BCUT2D eigenvalue weighted by Crippen LogP contribution is -2.06. The Morgan fingerprint density at radius 1 is 1.14 bits per heavy atom. The van der Waals surface area contributed by atoms with E-state index in [-0.39, 0.29) is 5.88 Å². The lowest BCUT2D eigenvalue weighted by atomic mass is 10.1. The maximum Gasteiger partial charge on any atom is 0.196 e. The molecule has 1 aliphatic heterocycles. The first-order chi connectivity index (χ1) is 10.2. The van der Waals surface area contributed by atoms with E-state index in [0.29, 0.717) is 5.69 Å². The van der Waals surface area contributed by atoms with Gasteiger partial charge in [0.2, 0.25) is 0 Å². The summed E-state index contributed by atoms with van der Waals surface area (Å²) < 4.78 is 0. The van der Waals surface area contributed by atoms with Gasteiger partial charge in [0.25, 0.3) is 0 Å². The van der Waals surface area contributed by atoms with E-state index < -0.39 is 0 Å². The molecule has 0 amide bonds. The third kappa shape index (κ3) is 1.87. The van der Waals surface area contributed by atoms with E-state index in [1.54, 1.807) is 12.3 Å². The van der Waals surface area contributed by atoms with Crippen LogP contribution in [0.2, 0.25) is 0 Å². The smallest absolute Gasteiger partial charge is 0.196 e. The first kappa shape index (κ1) is 11.7. The standard InChI is InChI=1S/C16H12N4O/c17-11-3-4-14-12(7-11)13(16(21)19-14)5-9-1-2-10-8-18-20-15(10)6-9/h1-8,19,21H,17H2. The minimum absolute atomic E-state index is 0.129. The summed E-state index contributed by atoms with van der Waals surface area (Å²) in [5, 5.41) is 20.9. The average Bonchev–Trinajstić information content (AvgIpc) is 3.04. The zero-order chi connectivity index (χ0) is 14.4. The molecule has 0 atom stereocenters. The van der Waals surface area contributed by atoms with Gasteiger partial charge in [-0.05, 0) is 35.6 Å². The van der Waals surface area contributed by atoms with Crippen molar-refractivity contribution in [3.05, 3.63) is 52.4 Å². The molecule has 5 nitrogen and oxygen atoms in total. The Labute approximate surface area is 119 Å². The highest BCUT2D eigenvalue weighted by Crippen LogP contribution is 2.29. The summed E-state index contributed by atoms with van der Waals surface area (Å²) in [5.74, 6) is 0.129. The Morgan fingerprint density at radius 2 is 2.05 bits per heavy atom. The highest BCUT2D eigenvalue weighted by Gasteiger charge is 2.08. The highest BCUT2D eigenvalue weighted by molar-refractivity contribution is 5.93. The minimum Gasteiger partial charge on any atom is -0.494 e. The quantitative estimate of drug-likeness (QED) is 0.594. The van der Waals surface area contributed by atoms with Crippen LogP contribution < -0.4 is 16.2 Å². The number of fused-ring (bicyclic) bond motifs is 2. The van der Waals surface area contributed by atoms with Crippen LogP contribution in [-0.4, -0.2) is 10.1 Å². The number of hydrogen-bond donors (Lipinski definition) is 3. The summed E-state index contributed by atoms with van der Waals surface area (Å²) in [4.78, 5) is 2.95. The fraction of sp³-hybridized carbons (Fsp3) is 0. The number of hydrogen-bond acceptors (Lipinski definition) is 4. The fourth-order valence-electron chi connectivity index (χ4n) is 2.53. The highest BCUT2D eigenvalue weighted by atomic mass is 16.3. The van der Waals surface area contributed by atoms with Crippen molar-refractivity contribution in [1.29, 1.82) is 0 Å². The van der Waals surface area contributed by atoms with Gasteiger partial charge in [-0.2, -0.15) is 10.2 Å². The largest absolute Gasteiger partial charge is 0.494 e. The van der Waals surface area contributed by atoms with Crippen molar-refractivity contribution in [2.45, 2.75) is 0 Å². The van der Waals surface area contributed by atoms with Gasteiger partial charge in [-0.15, -0.1) is 0 Å². The maximum absolute atomic E-state index is 10.1. The van der Waals surface area contributed by atoms with E-state index in [2.05, 4.69) is 15.2 Å². The first-order valence-corrected chi connectivity index (χ1v) is 6.54. The molecule has 0 saturated carbocycles. The number of benzene rings is 2. The van der Waals surface area contributed by atoms with Crippen LogP contribution in [0.3, 0.4) is 0 Å². The number of nitrogen functional groups attached to an aromatic ring is 1. The van der Waals surface area contributed by atoms with Crippen molar-refractivity contribution in [1.82, 2.24) is 4.98 Å². The molecule has 4 N–H and O–H groups in total. The second-order valence-corrected chi connectivity index (χ2v) is 5.00. The molecule has 4 rings (SSSR count). The first-order valence-electron chi connectivity index (χ1n) is 6.54. The van der Waals surface area contributed by atoms with Crippen LogP contribution in [0.25, 0.3) is 23.2 Å². The van der Waals surface area contributed by atoms with Crippen LogP contribution in [0.15, 0.2) is 46.6 Å².